The average Bonchev–Trinajstić information content (AvgIpc) is 2.95. The maximum atomic E-state index is 8.86. The van der Waals surface area contributed by atoms with Gasteiger partial charge in [0.15, 0.2) is 11.5 Å². The molecule has 2 aromatic rings. The molecule has 6 heteroatoms. The number of halogens is 2. The Kier molecular flexibility index (Phi) is 4.04. The lowest BCUT2D eigenvalue weighted by molar-refractivity contribution is 0.173. The second kappa shape index (κ2) is 5.96. The molecule has 0 bridgehead atoms. The van der Waals surface area contributed by atoms with Crippen LogP contribution in [0.25, 0.3) is 0 Å². The normalized spacial score (nSPS) is 12.0. The minimum atomic E-state index is 0.256. The molecule has 0 radical (unpaired) electrons. The number of nitrogens with zero attached hydrogens (tertiary/aromatic N) is 1. The molecule has 2 aromatic carbocycles. The third-order valence-electron chi connectivity index (χ3n) is 3.07. The number of nitriles is 1. The molecule has 106 valence electrons. The number of rotatable bonds is 3. The number of hydrogen-bond acceptors (Lipinski definition) is 4. The average molecular weight is 410 g/mol. The van der Waals surface area contributed by atoms with Crippen LogP contribution in [-0.4, -0.2) is 6.79 Å². The molecule has 1 N–H and O–H groups in total. The van der Waals surface area contributed by atoms with Crippen LogP contribution in [0.2, 0.25) is 0 Å². The largest absolute Gasteiger partial charge is 0.454 e. The van der Waals surface area contributed by atoms with Gasteiger partial charge in [0.2, 0.25) is 6.79 Å². The number of anilines is 1. The fourth-order valence-corrected chi connectivity index (χ4v) is 3.17. The molecular formula is C15H10Br2N2O2. The summed E-state index contributed by atoms with van der Waals surface area (Å²) in [6.45, 7) is 0.895. The van der Waals surface area contributed by atoms with Crippen LogP contribution in [-0.2, 0) is 6.54 Å². The molecule has 0 saturated carbocycles. The van der Waals surface area contributed by atoms with Gasteiger partial charge >= 0.3 is 0 Å². The number of ether oxygens (including phenoxy) is 2. The summed E-state index contributed by atoms with van der Waals surface area (Å²) in [5, 5.41) is 12.2. The van der Waals surface area contributed by atoms with Crippen LogP contribution < -0.4 is 14.8 Å². The molecule has 1 aliphatic rings. The van der Waals surface area contributed by atoms with Crippen LogP contribution in [0.5, 0.6) is 11.5 Å². The van der Waals surface area contributed by atoms with Crippen molar-refractivity contribution in [3.05, 3.63) is 50.4 Å². The highest BCUT2D eigenvalue weighted by Crippen LogP contribution is 2.40. The maximum Gasteiger partial charge on any atom is 0.231 e. The number of benzene rings is 2. The third kappa shape index (κ3) is 2.99. The van der Waals surface area contributed by atoms with Crippen LogP contribution in [0.1, 0.15) is 11.1 Å². The molecule has 4 nitrogen and oxygen atoms in total. The predicted molar refractivity (Wildman–Crippen MR) is 86.4 cm³/mol. The van der Waals surface area contributed by atoms with Gasteiger partial charge in [-0.3, -0.25) is 0 Å². The van der Waals surface area contributed by atoms with Crippen LogP contribution in [0.3, 0.4) is 0 Å². The summed E-state index contributed by atoms with van der Waals surface area (Å²) >= 11 is 6.94. The molecular weight excluding hydrogens is 400 g/mol. The minimum Gasteiger partial charge on any atom is -0.454 e. The Hall–Kier alpha value is -1.71. The van der Waals surface area contributed by atoms with E-state index in [0.717, 1.165) is 31.7 Å². The summed E-state index contributed by atoms with van der Waals surface area (Å²) in [6, 6.07) is 11.5. The number of nitrogens with one attached hydrogen (secondary N) is 1. The summed E-state index contributed by atoms with van der Waals surface area (Å²) in [6.07, 6.45) is 0. The van der Waals surface area contributed by atoms with Crippen molar-refractivity contribution in [2.24, 2.45) is 0 Å². The van der Waals surface area contributed by atoms with Crippen LogP contribution >= 0.6 is 31.9 Å². The maximum absolute atomic E-state index is 8.86. The van der Waals surface area contributed by atoms with E-state index in [9.17, 15) is 0 Å². The fourth-order valence-electron chi connectivity index (χ4n) is 2.05. The molecule has 0 aromatic heterocycles. The monoisotopic (exact) mass is 408 g/mol. The van der Waals surface area contributed by atoms with Gasteiger partial charge in [-0.05, 0) is 67.8 Å². The highest BCUT2D eigenvalue weighted by Gasteiger charge is 2.17. The Balaban J connectivity index is 1.77. The van der Waals surface area contributed by atoms with Gasteiger partial charge in [-0.1, -0.05) is 0 Å². The van der Waals surface area contributed by atoms with Crippen molar-refractivity contribution in [2.45, 2.75) is 6.54 Å². The van der Waals surface area contributed by atoms with E-state index in [0.29, 0.717) is 12.1 Å². The van der Waals surface area contributed by atoms with Crippen LogP contribution in [0.15, 0.2) is 39.3 Å². The van der Waals surface area contributed by atoms with Gasteiger partial charge in [-0.2, -0.15) is 5.26 Å². The molecule has 1 aliphatic heterocycles. The quantitative estimate of drug-likeness (QED) is 0.814. The van der Waals surface area contributed by atoms with Gasteiger partial charge < -0.3 is 14.8 Å². The molecule has 0 aliphatic carbocycles. The van der Waals surface area contributed by atoms with E-state index in [1.165, 1.54) is 0 Å². The van der Waals surface area contributed by atoms with E-state index in [2.05, 4.69) is 43.2 Å². The lowest BCUT2D eigenvalue weighted by Crippen LogP contribution is -2.00. The number of fused-ring (bicyclic) bond motifs is 1. The van der Waals surface area contributed by atoms with E-state index >= 15 is 0 Å². The van der Waals surface area contributed by atoms with Gasteiger partial charge in [0.05, 0.1) is 16.1 Å². The second-order valence-electron chi connectivity index (χ2n) is 4.47. The molecule has 0 fully saturated rings. The van der Waals surface area contributed by atoms with E-state index < -0.39 is 0 Å². The predicted octanol–water partition coefficient (Wildman–Crippen LogP) is 4.42. The molecule has 0 saturated heterocycles. The van der Waals surface area contributed by atoms with E-state index in [-0.39, 0.29) is 6.79 Å². The van der Waals surface area contributed by atoms with Crippen molar-refractivity contribution in [3.8, 4) is 17.6 Å². The Morgan fingerprint density at radius 2 is 2.00 bits per heavy atom. The van der Waals surface area contributed by atoms with Crippen LogP contribution in [0.4, 0.5) is 5.69 Å². The third-order valence-corrected chi connectivity index (χ3v) is 4.31. The second-order valence-corrected chi connectivity index (χ2v) is 6.18. The summed E-state index contributed by atoms with van der Waals surface area (Å²) in [7, 11) is 0. The standard InChI is InChI=1S/C15H10Br2N2O2/c16-11-3-9(6-18)1-2-13(11)19-7-10-4-12(17)15-14(5-10)20-8-21-15/h1-5,19H,7-8H2. The van der Waals surface area contributed by atoms with Crippen molar-refractivity contribution in [2.75, 3.05) is 12.1 Å². The van der Waals surface area contributed by atoms with Crippen molar-refractivity contribution in [1.82, 2.24) is 0 Å². The fraction of sp³-hybridized carbons (Fsp3) is 0.133. The van der Waals surface area contributed by atoms with E-state index in [1.54, 1.807) is 12.1 Å². The highest BCUT2D eigenvalue weighted by atomic mass is 79.9. The van der Waals surface area contributed by atoms with Crippen molar-refractivity contribution in [3.63, 3.8) is 0 Å². The summed E-state index contributed by atoms with van der Waals surface area (Å²) in [4.78, 5) is 0. The molecule has 0 unspecified atom stereocenters. The first kappa shape index (κ1) is 14.2. The summed E-state index contributed by atoms with van der Waals surface area (Å²) in [5.41, 5.74) is 2.63. The zero-order chi connectivity index (χ0) is 14.8. The van der Waals surface area contributed by atoms with E-state index in [1.807, 2.05) is 18.2 Å². The molecule has 0 atom stereocenters. The van der Waals surface area contributed by atoms with Gasteiger partial charge in [-0.25, -0.2) is 0 Å². The minimum absolute atomic E-state index is 0.256. The number of hydrogen-bond donors (Lipinski definition) is 1. The van der Waals surface area contributed by atoms with Gasteiger partial charge in [0, 0.05) is 16.7 Å². The van der Waals surface area contributed by atoms with Crippen molar-refractivity contribution in [1.29, 1.82) is 5.26 Å². The zero-order valence-corrected chi connectivity index (χ0v) is 14.0. The topological polar surface area (TPSA) is 54.3 Å². The first-order chi connectivity index (χ1) is 10.2. The molecule has 0 spiro atoms. The molecule has 3 rings (SSSR count). The first-order valence-electron chi connectivity index (χ1n) is 6.19. The molecule has 1 heterocycles. The molecule has 21 heavy (non-hydrogen) atoms. The van der Waals surface area contributed by atoms with Crippen molar-refractivity contribution >= 4 is 37.5 Å². The Bertz CT molecular complexity index is 741. The molecule has 0 amide bonds. The smallest absolute Gasteiger partial charge is 0.231 e. The Labute approximate surface area is 138 Å². The van der Waals surface area contributed by atoms with E-state index in [4.69, 9.17) is 14.7 Å². The zero-order valence-electron chi connectivity index (χ0n) is 10.8. The van der Waals surface area contributed by atoms with Crippen LogP contribution in [0, 0.1) is 11.3 Å². The SMILES string of the molecule is N#Cc1ccc(NCc2cc(Br)c3c(c2)OCO3)c(Br)c1. The first-order valence-corrected chi connectivity index (χ1v) is 7.77. The lowest BCUT2D eigenvalue weighted by Gasteiger charge is -2.10. The Morgan fingerprint density at radius 3 is 2.76 bits per heavy atom. The lowest BCUT2D eigenvalue weighted by atomic mass is 10.2. The van der Waals surface area contributed by atoms with Gasteiger partial charge in [0.1, 0.15) is 0 Å². The van der Waals surface area contributed by atoms with Gasteiger partial charge in [0.25, 0.3) is 0 Å². The van der Waals surface area contributed by atoms with Crippen molar-refractivity contribution < 1.29 is 9.47 Å². The Morgan fingerprint density at radius 1 is 1.14 bits per heavy atom. The summed E-state index contributed by atoms with van der Waals surface area (Å²) in [5.74, 6) is 1.50. The van der Waals surface area contributed by atoms with Gasteiger partial charge in [-0.15, -0.1) is 0 Å². The summed E-state index contributed by atoms with van der Waals surface area (Å²) < 4.78 is 12.5. The highest BCUT2D eigenvalue weighted by molar-refractivity contribution is 9.11.